The van der Waals surface area contributed by atoms with E-state index in [9.17, 15) is 9.90 Å². The third-order valence-electron chi connectivity index (χ3n) is 5.35. The summed E-state index contributed by atoms with van der Waals surface area (Å²) in [6.45, 7) is 6.78. The summed E-state index contributed by atoms with van der Waals surface area (Å²) < 4.78 is 0. The summed E-state index contributed by atoms with van der Waals surface area (Å²) in [4.78, 5) is 11.4. The molecule has 0 amide bonds. The molecule has 0 aromatic heterocycles. The SMILES string of the molecule is C[C@H]1CC[C@H]2[C@@H](C1)Nc1c(C(=O)[O-])cccc1C2(C)C. The number of aromatic carboxylic acids is 1. The van der Waals surface area contributed by atoms with Crippen molar-refractivity contribution in [1.29, 1.82) is 0 Å². The van der Waals surface area contributed by atoms with Gasteiger partial charge in [-0.2, -0.15) is 0 Å². The van der Waals surface area contributed by atoms with Gasteiger partial charge in [-0.25, -0.2) is 0 Å². The Morgan fingerprint density at radius 3 is 2.80 bits per heavy atom. The molecule has 3 atom stereocenters. The maximum absolute atomic E-state index is 11.4. The number of anilines is 1. The van der Waals surface area contributed by atoms with Gasteiger partial charge in [0, 0.05) is 17.3 Å². The van der Waals surface area contributed by atoms with Crippen LogP contribution in [-0.2, 0) is 5.41 Å². The minimum absolute atomic E-state index is 0.0108. The predicted molar refractivity (Wildman–Crippen MR) is 77.7 cm³/mol. The molecule has 1 aliphatic carbocycles. The molecule has 1 heterocycles. The standard InChI is InChI=1S/C17H23NO2/c1-10-7-8-12-14(9-10)18-15-11(16(19)20)5-4-6-13(15)17(12,2)3/h4-6,10,12,14,18H,7-9H2,1-3H3,(H,19,20)/p-1/t10-,12-,14+/m0/s1. The van der Waals surface area contributed by atoms with E-state index in [0.29, 0.717) is 23.4 Å². The molecule has 1 aromatic carbocycles. The van der Waals surface area contributed by atoms with Gasteiger partial charge < -0.3 is 15.2 Å². The van der Waals surface area contributed by atoms with E-state index < -0.39 is 5.97 Å². The Morgan fingerprint density at radius 1 is 1.35 bits per heavy atom. The van der Waals surface area contributed by atoms with Crippen LogP contribution in [0.1, 0.15) is 56.0 Å². The third kappa shape index (κ3) is 1.91. The Balaban J connectivity index is 2.11. The Kier molecular flexibility index (Phi) is 3.03. The lowest BCUT2D eigenvalue weighted by Crippen LogP contribution is -2.49. The number of hydrogen-bond donors (Lipinski definition) is 1. The molecule has 3 rings (SSSR count). The van der Waals surface area contributed by atoms with E-state index in [1.165, 1.54) is 12.8 Å². The number of benzene rings is 1. The van der Waals surface area contributed by atoms with Gasteiger partial charge in [0.2, 0.25) is 0 Å². The number of carbonyl (C=O) groups is 1. The summed E-state index contributed by atoms with van der Waals surface area (Å²) in [5.41, 5.74) is 2.21. The zero-order valence-corrected chi connectivity index (χ0v) is 12.4. The van der Waals surface area contributed by atoms with Crippen molar-refractivity contribution in [2.75, 3.05) is 5.32 Å². The zero-order chi connectivity index (χ0) is 14.5. The Bertz CT molecular complexity index is 550. The molecule has 0 unspecified atom stereocenters. The van der Waals surface area contributed by atoms with Gasteiger partial charge in [0.25, 0.3) is 0 Å². The van der Waals surface area contributed by atoms with Crippen molar-refractivity contribution in [2.45, 2.75) is 51.5 Å². The van der Waals surface area contributed by atoms with Crippen LogP contribution in [-0.4, -0.2) is 12.0 Å². The first-order chi connectivity index (χ1) is 9.41. The van der Waals surface area contributed by atoms with Gasteiger partial charge in [-0.05, 0) is 35.7 Å². The van der Waals surface area contributed by atoms with Gasteiger partial charge in [-0.15, -0.1) is 0 Å². The van der Waals surface area contributed by atoms with Crippen LogP contribution in [0.4, 0.5) is 5.69 Å². The fraction of sp³-hybridized carbons (Fsp3) is 0.588. The summed E-state index contributed by atoms with van der Waals surface area (Å²) in [5.74, 6) is 0.187. The quantitative estimate of drug-likeness (QED) is 0.855. The minimum atomic E-state index is -1.09. The molecule has 1 saturated carbocycles. The van der Waals surface area contributed by atoms with Gasteiger partial charge in [0.05, 0.1) is 5.97 Å². The van der Waals surface area contributed by atoms with Crippen LogP contribution >= 0.6 is 0 Å². The predicted octanol–water partition coefficient (Wildman–Crippen LogP) is 2.56. The molecule has 1 aromatic rings. The number of para-hydroxylation sites is 1. The van der Waals surface area contributed by atoms with Crippen LogP contribution in [0.2, 0.25) is 0 Å². The number of fused-ring (bicyclic) bond motifs is 2. The topological polar surface area (TPSA) is 52.2 Å². The molecule has 3 nitrogen and oxygen atoms in total. The van der Waals surface area contributed by atoms with E-state index in [4.69, 9.17) is 0 Å². The van der Waals surface area contributed by atoms with Crippen molar-refractivity contribution in [1.82, 2.24) is 0 Å². The van der Waals surface area contributed by atoms with Gasteiger partial charge in [0.1, 0.15) is 0 Å². The van der Waals surface area contributed by atoms with Crippen molar-refractivity contribution in [2.24, 2.45) is 11.8 Å². The lowest BCUT2D eigenvalue weighted by Gasteiger charge is -2.50. The normalized spacial score (nSPS) is 30.9. The second-order valence-electron chi connectivity index (χ2n) is 7.01. The van der Waals surface area contributed by atoms with Crippen LogP contribution in [0, 0.1) is 11.8 Å². The fourth-order valence-corrected chi connectivity index (χ4v) is 4.20. The van der Waals surface area contributed by atoms with Gasteiger partial charge in [-0.3, -0.25) is 0 Å². The molecule has 0 radical (unpaired) electrons. The van der Waals surface area contributed by atoms with E-state index in [1.54, 1.807) is 6.07 Å². The Labute approximate surface area is 120 Å². The number of carbonyl (C=O) groups excluding carboxylic acids is 1. The first-order valence-electron chi connectivity index (χ1n) is 7.52. The third-order valence-corrected chi connectivity index (χ3v) is 5.35. The number of hydrogen-bond acceptors (Lipinski definition) is 3. The molecule has 3 heteroatoms. The van der Waals surface area contributed by atoms with Crippen LogP contribution in [0.3, 0.4) is 0 Å². The second-order valence-corrected chi connectivity index (χ2v) is 7.01. The van der Waals surface area contributed by atoms with E-state index in [-0.39, 0.29) is 5.41 Å². The molecular weight excluding hydrogens is 250 g/mol. The van der Waals surface area contributed by atoms with Crippen molar-refractivity contribution >= 4 is 11.7 Å². The minimum Gasteiger partial charge on any atom is -0.545 e. The zero-order valence-electron chi connectivity index (χ0n) is 12.4. The first-order valence-corrected chi connectivity index (χ1v) is 7.52. The maximum atomic E-state index is 11.4. The molecule has 1 N–H and O–H groups in total. The molecule has 108 valence electrons. The summed E-state index contributed by atoms with van der Waals surface area (Å²) in [7, 11) is 0. The first kappa shape index (κ1) is 13.5. The van der Waals surface area contributed by atoms with E-state index in [1.807, 2.05) is 6.07 Å². The Morgan fingerprint density at radius 2 is 2.10 bits per heavy atom. The highest BCUT2D eigenvalue weighted by atomic mass is 16.4. The lowest BCUT2D eigenvalue weighted by atomic mass is 9.61. The number of carboxylic acids is 1. The molecule has 0 bridgehead atoms. The van der Waals surface area contributed by atoms with Gasteiger partial charge in [-0.1, -0.05) is 45.4 Å². The molecule has 0 spiro atoms. The maximum Gasteiger partial charge on any atom is 0.0736 e. The van der Waals surface area contributed by atoms with E-state index in [2.05, 4.69) is 32.2 Å². The summed E-state index contributed by atoms with van der Waals surface area (Å²) in [6.07, 6.45) is 3.59. The number of nitrogens with one attached hydrogen (secondary N) is 1. The molecule has 1 aliphatic heterocycles. The highest BCUT2D eigenvalue weighted by molar-refractivity contribution is 5.94. The van der Waals surface area contributed by atoms with E-state index in [0.717, 1.165) is 17.7 Å². The summed E-state index contributed by atoms with van der Waals surface area (Å²) >= 11 is 0. The number of rotatable bonds is 1. The largest absolute Gasteiger partial charge is 0.545 e. The van der Waals surface area contributed by atoms with Crippen molar-refractivity contribution < 1.29 is 9.90 Å². The second kappa shape index (κ2) is 4.51. The van der Waals surface area contributed by atoms with Crippen LogP contribution in [0.5, 0.6) is 0 Å². The molecule has 0 saturated heterocycles. The van der Waals surface area contributed by atoms with Crippen molar-refractivity contribution in [3.05, 3.63) is 29.3 Å². The van der Waals surface area contributed by atoms with Crippen LogP contribution < -0.4 is 10.4 Å². The Hall–Kier alpha value is -1.51. The number of carboxylic acid groups (broad SMARTS) is 1. The highest BCUT2D eigenvalue weighted by Gasteiger charge is 2.44. The molecular formula is C17H22NO2-. The lowest BCUT2D eigenvalue weighted by molar-refractivity contribution is -0.254. The molecule has 1 fully saturated rings. The smallest absolute Gasteiger partial charge is 0.0736 e. The molecule has 2 aliphatic rings. The highest BCUT2D eigenvalue weighted by Crippen LogP contribution is 2.49. The average Bonchev–Trinajstić information content (AvgIpc) is 2.37. The van der Waals surface area contributed by atoms with Crippen LogP contribution in [0.25, 0.3) is 0 Å². The monoisotopic (exact) mass is 272 g/mol. The van der Waals surface area contributed by atoms with Gasteiger partial charge >= 0.3 is 0 Å². The average molecular weight is 272 g/mol. The summed E-state index contributed by atoms with van der Waals surface area (Å²) in [6, 6.07) is 5.91. The van der Waals surface area contributed by atoms with Gasteiger partial charge in [0.15, 0.2) is 0 Å². The van der Waals surface area contributed by atoms with Crippen LogP contribution in [0.15, 0.2) is 18.2 Å². The summed E-state index contributed by atoms with van der Waals surface area (Å²) in [5, 5.41) is 14.9. The molecule has 20 heavy (non-hydrogen) atoms. The van der Waals surface area contributed by atoms with Crippen molar-refractivity contribution in [3.63, 3.8) is 0 Å². The fourth-order valence-electron chi connectivity index (χ4n) is 4.20. The van der Waals surface area contributed by atoms with E-state index >= 15 is 0 Å². The van der Waals surface area contributed by atoms with Crippen molar-refractivity contribution in [3.8, 4) is 0 Å².